The summed E-state index contributed by atoms with van der Waals surface area (Å²) in [5.41, 5.74) is 1.52. The van der Waals surface area contributed by atoms with Crippen LogP contribution in [0, 0.1) is 16.0 Å². The van der Waals surface area contributed by atoms with E-state index in [1.807, 2.05) is 12.1 Å². The van der Waals surface area contributed by atoms with Crippen LogP contribution in [-0.2, 0) is 6.42 Å². The molecule has 0 heterocycles. The summed E-state index contributed by atoms with van der Waals surface area (Å²) in [5.74, 6) is 0.814. The van der Waals surface area contributed by atoms with Crippen molar-refractivity contribution in [3.63, 3.8) is 0 Å². The average Bonchev–Trinajstić information content (AvgIpc) is 3.13. The number of nitrogens with one attached hydrogen (secondary N) is 1. The molecule has 1 aromatic carbocycles. The van der Waals surface area contributed by atoms with Crippen LogP contribution in [0.15, 0.2) is 24.3 Å². The average molecular weight is 248 g/mol. The van der Waals surface area contributed by atoms with Gasteiger partial charge < -0.3 is 5.32 Å². The Morgan fingerprint density at radius 1 is 1.33 bits per heavy atom. The molecule has 1 fully saturated rings. The van der Waals surface area contributed by atoms with Crippen molar-refractivity contribution >= 4 is 5.69 Å². The number of rotatable bonds is 6. The normalized spacial score (nSPS) is 15.7. The van der Waals surface area contributed by atoms with E-state index in [1.54, 1.807) is 12.1 Å². The van der Waals surface area contributed by atoms with E-state index in [1.165, 1.54) is 12.8 Å². The van der Waals surface area contributed by atoms with Crippen molar-refractivity contribution in [2.24, 2.45) is 5.92 Å². The third-order valence-electron chi connectivity index (χ3n) is 3.74. The summed E-state index contributed by atoms with van der Waals surface area (Å²) in [6.07, 6.45) is 3.57. The zero-order valence-corrected chi connectivity index (χ0v) is 11.0. The molecule has 0 spiro atoms. The molecule has 0 atom stereocenters. The minimum absolute atomic E-state index is 0.157. The molecule has 4 heteroatoms. The van der Waals surface area contributed by atoms with Gasteiger partial charge in [0.25, 0.3) is 5.69 Å². The highest BCUT2D eigenvalue weighted by atomic mass is 16.6. The van der Waals surface area contributed by atoms with Crippen LogP contribution >= 0.6 is 0 Å². The van der Waals surface area contributed by atoms with Gasteiger partial charge in [0.2, 0.25) is 0 Å². The molecule has 0 saturated heterocycles. The van der Waals surface area contributed by atoms with Crippen molar-refractivity contribution < 1.29 is 4.92 Å². The molecule has 0 radical (unpaired) electrons. The molecule has 1 aliphatic carbocycles. The van der Waals surface area contributed by atoms with Crippen molar-refractivity contribution in [1.29, 1.82) is 0 Å². The Morgan fingerprint density at radius 2 is 1.94 bits per heavy atom. The Balaban J connectivity index is 1.81. The highest BCUT2D eigenvalue weighted by Gasteiger charge is 2.36. The molecule has 0 aliphatic heterocycles. The van der Waals surface area contributed by atoms with Gasteiger partial charge in [0, 0.05) is 17.7 Å². The van der Waals surface area contributed by atoms with Crippen LogP contribution in [0.3, 0.4) is 0 Å². The summed E-state index contributed by atoms with van der Waals surface area (Å²) in [4.78, 5) is 10.2. The summed E-state index contributed by atoms with van der Waals surface area (Å²) < 4.78 is 0. The summed E-state index contributed by atoms with van der Waals surface area (Å²) in [5, 5.41) is 14.1. The summed E-state index contributed by atoms with van der Waals surface area (Å²) in [6.45, 7) is 5.42. The van der Waals surface area contributed by atoms with Gasteiger partial charge in [0.1, 0.15) is 0 Å². The summed E-state index contributed by atoms with van der Waals surface area (Å²) in [6, 6.07) is 6.82. The van der Waals surface area contributed by atoms with E-state index in [0.29, 0.717) is 0 Å². The topological polar surface area (TPSA) is 55.2 Å². The predicted octanol–water partition coefficient (Wildman–Crippen LogP) is 2.92. The minimum Gasteiger partial charge on any atom is -0.311 e. The molecule has 18 heavy (non-hydrogen) atoms. The van der Waals surface area contributed by atoms with Crippen LogP contribution in [0.4, 0.5) is 5.69 Å². The van der Waals surface area contributed by atoms with Crippen molar-refractivity contribution in [3.05, 3.63) is 39.9 Å². The van der Waals surface area contributed by atoms with Crippen molar-refractivity contribution in [1.82, 2.24) is 5.32 Å². The maximum absolute atomic E-state index is 10.5. The van der Waals surface area contributed by atoms with Gasteiger partial charge in [-0.3, -0.25) is 10.1 Å². The standard InChI is InChI=1S/C14H20N2O2/c1-14(2,12-5-6-12)15-10-9-11-3-7-13(8-4-11)16(17)18/h3-4,7-8,12,15H,5-6,9-10H2,1-2H3. The SMILES string of the molecule is CC(C)(NCCc1ccc([N+](=O)[O-])cc1)C1CC1. The van der Waals surface area contributed by atoms with Gasteiger partial charge in [0.15, 0.2) is 0 Å². The van der Waals surface area contributed by atoms with Crippen LogP contribution < -0.4 is 5.32 Å². The lowest BCUT2D eigenvalue weighted by atomic mass is 9.98. The molecule has 98 valence electrons. The molecule has 0 amide bonds. The van der Waals surface area contributed by atoms with Crippen molar-refractivity contribution in [2.75, 3.05) is 6.54 Å². The fourth-order valence-electron chi connectivity index (χ4n) is 2.26. The van der Waals surface area contributed by atoms with Gasteiger partial charge in [-0.15, -0.1) is 0 Å². The second-order valence-electron chi connectivity index (χ2n) is 5.60. The second-order valence-corrected chi connectivity index (χ2v) is 5.60. The zero-order chi connectivity index (χ0) is 13.2. The molecular weight excluding hydrogens is 228 g/mol. The van der Waals surface area contributed by atoms with Crippen molar-refractivity contribution in [2.45, 2.75) is 38.6 Å². The molecule has 2 rings (SSSR count). The maximum atomic E-state index is 10.5. The van der Waals surface area contributed by atoms with E-state index < -0.39 is 0 Å². The van der Waals surface area contributed by atoms with Crippen LogP contribution in [-0.4, -0.2) is 17.0 Å². The highest BCUT2D eigenvalue weighted by Crippen LogP contribution is 2.39. The molecule has 0 unspecified atom stereocenters. The predicted molar refractivity (Wildman–Crippen MR) is 71.6 cm³/mol. The molecular formula is C14H20N2O2. The lowest BCUT2D eigenvalue weighted by Gasteiger charge is -2.26. The smallest absolute Gasteiger partial charge is 0.269 e. The van der Waals surface area contributed by atoms with E-state index in [9.17, 15) is 10.1 Å². The van der Waals surface area contributed by atoms with Crippen LogP contribution in [0.1, 0.15) is 32.3 Å². The van der Waals surface area contributed by atoms with Crippen LogP contribution in [0.2, 0.25) is 0 Å². The number of benzene rings is 1. The Kier molecular flexibility index (Phi) is 3.66. The molecule has 1 saturated carbocycles. The van der Waals surface area contributed by atoms with E-state index in [-0.39, 0.29) is 16.1 Å². The quantitative estimate of drug-likeness (QED) is 0.622. The number of nitro groups is 1. The molecule has 1 aliphatic rings. The molecule has 4 nitrogen and oxygen atoms in total. The van der Waals surface area contributed by atoms with E-state index in [4.69, 9.17) is 0 Å². The molecule has 0 bridgehead atoms. The fourth-order valence-corrected chi connectivity index (χ4v) is 2.26. The highest BCUT2D eigenvalue weighted by molar-refractivity contribution is 5.32. The minimum atomic E-state index is -0.363. The van der Waals surface area contributed by atoms with Gasteiger partial charge in [-0.25, -0.2) is 0 Å². The van der Waals surface area contributed by atoms with Crippen LogP contribution in [0.25, 0.3) is 0 Å². The third kappa shape index (κ3) is 3.29. The Morgan fingerprint density at radius 3 is 2.44 bits per heavy atom. The first-order valence-electron chi connectivity index (χ1n) is 6.47. The maximum Gasteiger partial charge on any atom is 0.269 e. The number of hydrogen-bond acceptors (Lipinski definition) is 3. The van der Waals surface area contributed by atoms with E-state index in [0.717, 1.165) is 24.4 Å². The molecule has 1 aromatic rings. The number of hydrogen-bond donors (Lipinski definition) is 1. The largest absolute Gasteiger partial charge is 0.311 e. The van der Waals surface area contributed by atoms with E-state index >= 15 is 0 Å². The zero-order valence-electron chi connectivity index (χ0n) is 11.0. The fraction of sp³-hybridized carbons (Fsp3) is 0.571. The summed E-state index contributed by atoms with van der Waals surface area (Å²) in [7, 11) is 0. The first kappa shape index (κ1) is 13.0. The van der Waals surface area contributed by atoms with Gasteiger partial charge in [0.05, 0.1) is 4.92 Å². The Hall–Kier alpha value is -1.42. The summed E-state index contributed by atoms with van der Waals surface area (Å²) >= 11 is 0. The number of non-ortho nitro benzene ring substituents is 1. The van der Waals surface area contributed by atoms with Crippen LogP contribution in [0.5, 0.6) is 0 Å². The lowest BCUT2D eigenvalue weighted by Crippen LogP contribution is -2.42. The lowest BCUT2D eigenvalue weighted by molar-refractivity contribution is -0.384. The first-order chi connectivity index (χ1) is 8.49. The number of nitrogens with zero attached hydrogens (tertiary/aromatic N) is 1. The first-order valence-corrected chi connectivity index (χ1v) is 6.47. The molecule has 1 N–H and O–H groups in total. The third-order valence-corrected chi connectivity index (χ3v) is 3.74. The molecule has 0 aromatic heterocycles. The van der Waals surface area contributed by atoms with Gasteiger partial charge >= 0.3 is 0 Å². The van der Waals surface area contributed by atoms with Gasteiger partial charge in [-0.05, 0) is 51.1 Å². The Bertz CT molecular complexity index is 422. The number of nitro benzene ring substituents is 1. The van der Waals surface area contributed by atoms with Gasteiger partial charge in [-0.1, -0.05) is 12.1 Å². The monoisotopic (exact) mass is 248 g/mol. The van der Waals surface area contributed by atoms with Crippen molar-refractivity contribution in [3.8, 4) is 0 Å². The second kappa shape index (κ2) is 5.06. The van der Waals surface area contributed by atoms with E-state index in [2.05, 4.69) is 19.2 Å². The Labute approximate surface area is 108 Å². The van der Waals surface area contributed by atoms with Gasteiger partial charge in [-0.2, -0.15) is 0 Å².